The van der Waals surface area contributed by atoms with E-state index in [0.717, 1.165) is 12.5 Å². The molecule has 2 amide bonds. The number of carbonyl (C=O) groups excluding carboxylic acids is 2. The lowest BCUT2D eigenvalue weighted by Crippen LogP contribution is -2.16. The molecule has 27 heavy (non-hydrogen) atoms. The van der Waals surface area contributed by atoms with Gasteiger partial charge in [-0.25, -0.2) is 4.39 Å². The van der Waals surface area contributed by atoms with Crippen molar-refractivity contribution >= 4 is 29.1 Å². The maximum atomic E-state index is 13.6. The number of primary amides is 1. The Balaban J connectivity index is 2.30. The number of amides is 2. The third-order valence-electron chi connectivity index (χ3n) is 3.51. The zero-order chi connectivity index (χ0) is 20.0. The molecule has 3 N–H and O–H groups in total. The highest BCUT2D eigenvalue weighted by Gasteiger charge is 2.17. The van der Waals surface area contributed by atoms with Crippen LogP contribution in [0, 0.1) is 5.82 Å². The largest absolute Gasteiger partial charge is 0.490 e. The molecule has 0 aliphatic heterocycles. The molecule has 8 heteroatoms. The van der Waals surface area contributed by atoms with Gasteiger partial charge in [0.15, 0.2) is 11.5 Å². The van der Waals surface area contributed by atoms with Gasteiger partial charge in [-0.3, -0.25) is 9.59 Å². The van der Waals surface area contributed by atoms with Crippen LogP contribution in [0.1, 0.15) is 41.0 Å². The number of nitrogens with one attached hydrogen (secondary N) is 1. The second-order valence-corrected chi connectivity index (χ2v) is 5.99. The smallest absolute Gasteiger partial charge is 0.255 e. The van der Waals surface area contributed by atoms with Crippen molar-refractivity contribution in [2.75, 3.05) is 18.5 Å². The molecule has 2 aromatic rings. The van der Waals surface area contributed by atoms with Gasteiger partial charge in [0.25, 0.3) is 11.8 Å². The highest BCUT2D eigenvalue weighted by molar-refractivity contribution is 6.32. The summed E-state index contributed by atoms with van der Waals surface area (Å²) in [7, 11) is 0. The Labute approximate surface area is 161 Å². The fourth-order valence-electron chi connectivity index (χ4n) is 2.30. The van der Waals surface area contributed by atoms with E-state index in [1.807, 2.05) is 6.92 Å². The first-order valence-corrected chi connectivity index (χ1v) is 8.75. The van der Waals surface area contributed by atoms with E-state index in [0.29, 0.717) is 24.7 Å². The molecule has 0 aliphatic rings. The summed E-state index contributed by atoms with van der Waals surface area (Å²) < 4.78 is 24.7. The summed E-state index contributed by atoms with van der Waals surface area (Å²) in [6.45, 7) is 4.58. The second-order valence-electron chi connectivity index (χ2n) is 5.58. The number of benzene rings is 2. The Kier molecular flexibility index (Phi) is 7.01. The lowest BCUT2D eigenvalue weighted by atomic mass is 10.1. The quantitative estimate of drug-likeness (QED) is 0.707. The van der Waals surface area contributed by atoms with Gasteiger partial charge in [-0.05, 0) is 43.7 Å². The molecule has 0 spiro atoms. The number of carbonyl (C=O) groups is 2. The zero-order valence-corrected chi connectivity index (χ0v) is 15.7. The third kappa shape index (κ3) is 5.10. The standard InChI is InChI=1S/C19H20ClFN2O4/c1-3-7-27-17-14(20)8-11(9-16(17)26-4-2)19(25)23-12-5-6-15(21)13(10-12)18(22)24/h5-6,8-10H,3-4,7H2,1-2H3,(H2,22,24)(H,23,25). The molecule has 0 saturated carbocycles. The van der Waals surface area contributed by atoms with Gasteiger partial charge in [-0.1, -0.05) is 18.5 Å². The van der Waals surface area contributed by atoms with Crippen molar-refractivity contribution in [1.29, 1.82) is 0 Å². The minimum atomic E-state index is -0.928. The number of hydrogen-bond donors (Lipinski definition) is 2. The van der Waals surface area contributed by atoms with Crippen molar-refractivity contribution in [2.24, 2.45) is 5.73 Å². The van der Waals surface area contributed by atoms with Gasteiger partial charge in [0, 0.05) is 11.3 Å². The zero-order valence-electron chi connectivity index (χ0n) is 15.0. The number of halogens is 2. The number of ether oxygens (including phenoxy) is 2. The van der Waals surface area contributed by atoms with Crippen molar-refractivity contribution in [3.8, 4) is 11.5 Å². The minimum absolute atomic E-state index is 0.218. The van der Waals surface area contributed by atoms with Crippen molar-refractivity contribution in [2.45, 2.75) is 20.3 Å². The summed E-state index contributed by atoms with van der Waals surface area (Å²) in [4.78, 5) is 23.8. The summed E-state index contributed by atoms with van der Waals surface area (Å²) in [5, 5.41) is 2.80. The van der Waals surface area contributed by atoms with Gasteiger partial charge in [0.2, 0.25) is 0 Å². The topological polar surface area (TPSA) is 90.6 Å². The van der Waals surface area contributed by atoms with Crippen LogP contribution in [0.4, 0.5) is 10.1 Å². The summed E-state index contributed by atoms with van der Waals surface area (Å²) in [5.74, 6) is -1.49. The molecule has 2 aromatic carbocycles. The third-order valence-corrected chi connectivity index (χ3v) is 3.79. The minimum Gasteiger partial charge on any atom is -0.490 e. The van der Waals surface area contributed by atoms with Crippen LogP contribution in [0.25, 0.3) is 0 Å². The lowest BCUT2D eigenvalue weighted by molar-refractivity contribution is 0.0992. The van der Waals surface area contributed by atoms with Gasteiger partial charge in [0.1, 0.15) is 5.82 Å². The van der Waals surface area contributed by atoms with Crippen LogP contribution in [0.3, 0.4) is 0 Å². The first-order chi connectivity index (χ1) is 12.9. The Morgan fingerprint density at radius 2 is 1.93 bits per heavy atom. The number of rotatable bonds is 8. The normalized spacial score (nSPS) is 10.4. The monoisotopic (exact) mass is 394 g/mol. The summed E-state index contributed by atoms with van der Waals surface area (Å²) in [6.07, 6.45) is 0.789. The molecule has 0 saturated heterocycles. The maximum absolute atomic E-state index is 13.6. The molecule has 0 aliphatic carbocycles. The molecular weight excluding hydrogens is 375 g/mol. The molecule has 0 unspecified atom stereocenters. The first kappa shape index (κ1) is 20.5. The summed E-state index contributed by atoms with van der Waals surface area (Å²) in [6, 6.07) is 6.50. The second kappa shape index (κ2) is 9.23. The Morgan fingerprint density at radius 1 is 1.19 bits per heavy atom. The van der Waals surface area contributed by atoms with E-state index in [4.69, 9.17) is 26.8 Å². The predicted octanol–water partition coefficient (Wildman–Crippen LogP) is 4.02. The van der Waals surface area contributed by atoms with E-state index in [2.05, 4.69) is 5.32 Å². The summed E-state index contributed by atoms with van der Waals surface area (Å²) in [5.41, 5.74) is 5.24. The molecule has 144 valence electrons. The Morgan fingerprint density at radius 3 is 2.56 bits per heavy atom. The SMILES string of the molecule is CCCOc1c(Cl)cc(C(=O)Nc2ccc(F)c(C(N)=O)c2)cc1OCC. The summed E-state index contributed by atoms with van der Waals surface area (Å²) >= 11 is 6.24. The average Bonchev–Trinajstić information content (AvgIpc) is 2.62. The van der Waals surface area contributed by atoms with Crippen molar-refractivity contribution < 1.29 is 23.5 Å². The van der Waals surface area contributed by atoms with Gasteiger partial charge in [-0.2, -0.15) is 0 Å². The molecule has 0 bridgehead atoms. The van der Waals surface area contributed by atoms with Crippen LogP contribution in [0.15, 0.2) is 30.3 Å². The molecule has 0 fully saturated rings. The van der Waals surface area contributed by atoms with Crippen molar-refractivity contribution in [1.82, 2.24) is 0 Å². The van der Waals surface area contributed by atoms with Gasteiger partial charge in [-0.15, -0.1) is 0 Å². The van der Waals surface area contributed by atoms with Crippen LogP contribution >= 0.6 is 11.6 Å². The van der Waals surface area contributed by atoms with Gasteiger partial charge in [0.05, 0.1) is 23.8 Å². The van der Waals surface area contributed by atoms with Crippen LogP contribution in [-0.4, -0.2) is 25.0 Å². The number of anilines is 1. The van der Waals surface area contributed by atoms with Gasteiger partial charge >= 0.3 is 0 Å². The van der Waals surface area contributed by atoms with Crippen molar-refractivity contribution in [3.05, 3.63) is 52.3 Å². The van der Waals surface area contributed by atoms with E-state index in [9.17, 15) is 14.0 Å². The fourth-order valence-corrected chi connectivity index (χ4v) is 2.57. The Hall–Kier alpha value is -2.80. The molecule has 6 nitrogen and oxygen atoms in total. The lowest BCUT2D eigenvalue weighted by Gasteiger charge is -2.15. The molecule has 0 aromatic heterocycles. The predicted molar refractivity (Wildman–Crippen MR) is 101 cm³/mol. The van der Waals surface area contributed by atoms with E-state index >= 15 is 0 Å². The van der Waals surface area contributed by atoms with E-state index in [-0.39, 0.29) is 21.8 Å². The maximum Gasteiger partial charge on any atom is 0.255 e. The highest BCUT2D eigenvalue weighted by atomic mass is 35.5. The molecule has 0 atom stereocenters. The van der Waals surface area contributed by atoms with Crippen LogP contribution in [-0.2, 0) is 0 Å². The van der Waals surface area contributed by atoms with Gasteiger partial charge < -0.3 is 20.5 Å². The van der Waals surface area contributed by atoms with E-state index < -0.39 is 17.6 Å². The average molecular weight is 395 g/mol. The molecular formula is C19H20ClFN2O4. The van der Waals surface area contributed by atoms with Crippen LogP contribution in [0.5, 0.6) is 11.5 Å². The number of hydrogen-bond acceptors (Lipinski definition) is 4. The van der Waals surface area contributed by atoms with Crippen LogP contribution < -0.4 is 20.5 Å². The fraction of sp³-hybridized carbons (Fsp3) is 0.263. The first-order valence-electron chi connectivity index (χ1n) is 8.37. The van der Waals surface area contributed by atoms with E-state index in [1.54, 1.807) is 6.92 Å². The Bertz CT molecular complexity index is 858. The molecule has 0 heterocycles. The van der Waals surface area contributed by atoms with Crippen LogP contribution in [0.2, 0.25) is 5.02 Å². The molecule has 2 rings (SSSR count). The van der Waals surface area contributed by atoms with Crippen molar-refractivity contribution in [3.63, 3.8) is 0 Å². The molecule has 0 radical (unpaired) electrons. The number of nitrogens with two attached hydrogens (primary N) is 1. The highest BCUT2D eigenvalue weighted by Crippen LogP contribution is 2.37. The van der Waals surface area contributed by atoms with E-state index in [1.165, 1.54) is 24.3 Å².